The standard InChI is InChI=1S/C27H31N7O5S/c1-16(2)31-25(37)27(4,5)33-22(36)21-17(3)23(34-29-12-13-30-34)40-24(21)32(26(33)38)15-20(39-14-8-11-28)18-9-6-7-10-19(18)35/h6-7,9-10,12-13,16,20,35H,8,14-15H2,1-5H3,(H,31,37)/t20-/m0/s1. The zero-order chi connectivity index (χ0) is 29.2. The molecule has 0 saturated heterocycles. The van der Waals surface area contributed by atoms with Gasteiger partial charge in [0.05, 0.1) is 43.4 Å². The molecule has 1 aromatic carbocycles. The second-order valence-electron chi connectivity index (χ2n) is 10.1. The molecule has 2 N–H and O–H groups in total. The zero-order valence-electron chi connectivity index (χ0n) is 22.9. The van der Waals surface area contributed by atoms with Crippen LogP contribution in [0.4, 0.5) is 0 Å². The van der Waals surface area contributed by atoms with Crippen molar-refractivity contribution < 1.29 is 14.6 Å². The maximum absolute atomic E-state index is 14.2. The van der Waals surface area contributed by atoms with Crippen molar-refractivity contribution in [2.45, 2.75) is 65.3 Å². The Bertz CT molecular complexity index is 1690. The molecule has 0 unspecified atom stereocenters. The van der Waals surface area contributed by atoms with Crippen molar-refractivity contribution in [3.63, 3.8) is 0 Å². The van der Waals surface area contributed by atoms with Gasteiger partial charge in [0.2, 0.25) is 5.91 Å². The lowest BCUT2D eigenvalue weighted by Crippen LogP contribution is -2.56. The quantitative estimate of drug-likeness (QED) is 0.278. The second-order valence-corrected chi connectivity index (χ2v) is 11.1. The van der Waals surface area contributed by atoms with E-state index in [9.17, 15) is 19.5 Å². The number of nitrogens with zero attached hydrogens (tertiary/aromatic N) is 6. The Kier molecular flexibility index (Phi) is 8.22. The van der Waals surface area contributed by atoms with Crippen LogP contribution in [0, 0.1) is 18.3 Å². The highest BCUT2D eigenvalue weighted by Crippen LogP contribution is 2.33. The molecule has 1 amide bonds. The first-order valence-corrected chi connectivity index (χ1v) is 13.5. The van der Waals surface area contributed by atoms with Gasteiger partial charge in [-0.15, -0.1) is 4.80 Å². The topological polar surface area (TPSA) is 157 Å². The van der Waals surface area contributed by atoms with Crippen LogP contribution in [0.2, 0.25) is 0 Å². The van der Waals surface area contributed by atoms with E-state index in [2.05, 4.69) is 15.5 Å². The molecule has 3 aromatic heterocycles. The number of aromatic hydroxyl groups is 1. The second kappa shape index (κ2) is 11.4. The molecule has 0 spiro atoms. The fraction of sp³-hybridized carbons (Fsp3) is 0.407. The largest absolute Gasteiger partial charge is 0.508 e. The number of hydrogen-bond acceptors (Lipinski definition) is 9. The number of aromatic nitrogens is 5. The van der Waals surface area contributed by atoms with Crippen molar-refractivity contribution >= 4 is 27.5 Å². The van der Waals surface area contributed by atoms with Gasteiger partial charge in [-0.05, 0) is 40.7 Å². The minimum atomic E-state index is -1.54. The van der Waals surface area contributed by atoms with Gasteiger partial charge in [0.15, 0.2) is 0 Å². The number of aryl methyl sites for hydroxylation is 1. The summed E-state index contributed by atoms with van der Waals surface area (Å²) >= 11 is 1.16. The first-order valence-electron chi connectivity index (χ1n) is 12.7. The normalized spacial score (nSPS) is 12.5. The van der Waals surface area contributed by atoms with Gasteiger partial charge < -0.3 is 15.2 Å². The summed E-state index contributed by atoms with van der Waals surface area (Å²) in [6.45, 7) is 8.31. The summed E-state index contributed by atoms with van der Waals surface area (Å²) in [6, 6.07) is 8.38. The molecule has 40 heavy (non-hydrogen) atoms. The molecule has 3 heterocycles. The van der Waals surface area contributed by atoms with Gasteiger partial charge in [-0.2, -0.15) is 15.5 Å². The highest BCUT2D eigenvalue weighted by Gasteiger charge is 2.36. The van der Waals surface area contributed by atoms with E-state index in [0.29, 0.717) is 21.0 Å². The third-order valence-corrected chi connectivity index (χ3v) is 7.77. The number of para-hydroxylation sites is 1. The number of carbonyl (C=O) groups excluding carboxylic acids is 1. The summed E-state index contributed by atoms with van der Waals surface area (Å²) in [6.07, 6.45) is 2.27. The van der Waals surface area contributed by atoms with Crippen LogP contribution in [0.5, 0.6) is 5.75 Å². The fourth-order valence-electron chi connectivity index (χ4n) is 4.45. The maximum Gasteiger partial charge on any atom is 0.333 e. The molecule has 0 aliphatic heterocycles. The SMILES string of the molecule is Cc1c(-n2nccn2)sc2c1c(=O)n(C(C)(C)C(=O)NC(C)C)c(=O)n2C[C@H](OCCC#N)c1ccccc1O. The van der Waals surface area contributed by atoms with Crippen LogP contribution in [0.15, 0.2) is 46.2 Å². The van der Waals surface area contributed by atoms with E-state index in [0.717, 1.165) is 15.9 Å². The number of carbonyl (C=O) groups is 1. The minimum Gasteiger partial charge on any atom is -0.508 e. The lowest BCUT2D eigenvalue weighted by molar-refractivity contribution is -0.129. The Balaban J connectivity index is 2.01. The van der Waals surface area contributed by atoms with Crippen molar-refractivity contribution in [1.82, 2.24) is 29.4 Å². The summed E-state index contributed by atoms with van der Waals surface area (Å²) in [5, 5.41) is 31.6. The molecule has 0 fully saturated rings. The molecular weight excluding hydrogens is 534 g/mol. The first kappa shape index (κ1) is 28.7. The average Bonchev–Trinajstić information content (AvgIpc) is 3.53. The Hall–Kier alpha value is -4.28. The van der Waals surface area contributed by atoms with Crippen molar-refractivity contribution in [3.05, 3.63) is 68.6 Å². The van der Waals surface area contributed by atoms with Gasteiger partial charge in [0, 0.05) is 17.2 Å². The number of phenolic OH excluding ortho intramolecular Hbond substituents is 1. The number of phenols is 1. The van der Waals surface area contributed by atoms with Gasteiger partial charge in [-0.1, -0.05) is 29.5 Å². The number of rotatable bonds is 10. The summed E-state index contributed by atoms with van der Waals surface area (Å²) in [7, 11) is 0. The number of ether oxygens (including phenoxy) is 1. The Morgan fingerprint density at radius 1 is 1.23 bits per heavy atom. The van der Waals surface area contributed by atoms with Crippen LogP contribution >= 0.6 is 11.3 Å². The number of nitriles is 1. The van der Waals surface area contributed by atoms with Gasteiger partial charge in [0.25, 0.3) is 5.56 Å². The summed E-state index contributed by atoms with van der Waals surface area (Å²) < 4.78 is 8.33. The van der Waals surface area contributed by atoms with Crippen molar-refractivity contribution in [1.29, 1.82) is 5.26 Å². The lowest BCUT2D eigenvalue weighted by atomic mass is 10.0. The molecule has 0 bridgehead atoms. The highest BCUT2D eigenvalue weighted by molar-refractivity contribution is 7.21. The van der Waals surface area contributed by atoms with Crippen LogP contribution in [-0.4, -0.2) is 47.8 Å². The van der Waals surface area contributed by atoms with E-state index in [1.54, 1.807) is 39.0 Å². The van der Waals surface area contributed by atoms with E-state index in [-0.39, 0.29) is 36.8 Å². The number of nitrogens with one attached hydrogen (secondary N) is 1. The molecule has 4 rings (SSSR count). The predicted molar refractivity (Wildman–Crippen MR) is 150 cm³/mol. The van der Waals surface area contributed by atoms with Gasteiger partial charge in [-0.3, -0.25) is 14.2 Å². The number of amides is 1. The lowest BCUT2D eigenvalue weighted by Gasteiger charge is -2.28. The molecule has 0 radical (unpaired) electrons. The summed E-state index contributed by atoms with van der Waals surface area (Å²) in [4.78, 5) is 43.1. The van der Waals surface area contributed by atoms with Crippen molar-refractivity contribution in [2.24, 2.45) is 0 Å². The van der Waals surface area contributed by atoms with Crippen molar-refractivity contribution in [3.8, 4) is 16.8 Å². The molecule has 4 aromatic rings. The number of hydrogen-bond donors (Lipinski definition) is 2. The Morgan fingerprint density at radius 2 is 1.90 bits per heavy atom. The monoisotopic (exact) mass is 565 g/mol. The van der Waals surface area contributed by atoms with Crippen LogP contribution in [-0.2, 0) is 21.6 Å². The van der Waals surface area contributed by atoms with E-state index in [4.69, 9.17) is 10.00 Å². The number of benzene rings is 1. The molecule has 0 saturated carbocycles. The molecular formula is C27H31N7O5S. The van der Waals surface area contributed by atoms with E-state index < -0.39 is 28.8 Å². The van der Waals surface area contributed by atoms with Crippen LogP contribution in [0.1, 0.15) is 51.3 Å². The number of fused-ring (bicyclic) bond motifs is 1. The smallest absolute Gasteiger partial charge is 0.333 e. The van der Waals surface area contributed by atoms with Gasteiger partial charge in [-0.25, -0.2) is 9.36 Å². The Labute approximate surface area is 234 Å². The summed E-state index contributed by atoms with van der Waals surface area (Å²) in [5.41, 5.74) is -1.91. The minimum absolute atomic E-state index is 0.0393. The average molecular weight is 566 g/mol. The zero-order valence-corrected chi connectivity index (χ0v) is 23.7. The number of thiophene rings is 1. The van der Waals surface area contributed by atoms with Crippen LogP contribution in [0.3, 0.4) is 0 Å². The third-order valence-electron chi connectivity index (χ3n) is 6.49. The van der Waals surface area contributed by atoms with E-state index in [1.165, 1.54) is 41.7 Å². The van der Waals surface area contributed by atoms with E-state index >= 15 is 0 Å². The molecule has 1 atom stereocenters. The first-order chi connectivity index (χ1) is 19.0. The molecule has 210 valence electrons. The highest BCUT2D eigenvalue weighted by atomic mass is 32.1. The van der Waals surface area contributed by atoms with Crippen LogP contribution < -0.4 is 16.6 Å². The van der Waals surface area contributed by atoms with Crippen LogP contribution in [0.25, 0.3) is 15.2 Å². The van der Waals surface area contributed by atoms with E-state index in [1.807, 2.05) is 6.07 Å². The molecule has 0 aliphatic carbocycles. The third kappa shape index (κ3) is 5.28. The predicted octanol–water partition coefficient (Wildman–Crippen LogP) is 2.75. The van der Waals surface area contributed by atoms with Gasteiger partial charge in [0.1, 0.15) is 27.2 Å². The Morgan fingerprint density at radius 3 is 2.52 bits per heavy atom. The summed E-state index contributed by atoms with van der Waals surface area (Å²) in [5.74, 6) is -0.528. The van der Waals surface area contributed by atoms with Crippen molar-refractivity contribution in [2.75, 3.05) is 6.61 Å². The fourth-order valence-corrected chi connectivity index (χ4v) is 5.67. The molecule has 12 nitrogen and oxygen atoms in total. The van der Waals surface area contributed by atoms with Gasteiger partial charge >= 0.3 is 5.69 Å². The molecule has 13 heteroatoms. The maximum atomic E-state index is 14.2. The molecule has 0 aliphatic rings.